The van der Waals surface area contributed by atoms with Crippen molar-refractivity contribution in [1.82, 2.24) is 4.57 Å². The first-order valence-corrected chi connectivity index (χ1v) is 9.61. The van der Waals surface area contributed by atoms with Gasteiger partial charge in [-0.3, -0.25) is 9.52 Å². The predicted molar refractivity (Wildman–Crippen MR) is 95.4 cm³/mol. The Labute approximate surface area is 144 Å². The number of halogens is 1. The van der Waals surface area contributed by atoms with Crippen molar-refractivity contribution >= 4 is 43.2 Å². The molecule has 0 spiro atoms. The Hall–Kier alpha value is -1.80. The number of nitrogens with one attached hydrogen (secondary N) is 2. The van der Waals surface area contributed by atoms with E-state index in [1.807, 2.05) is 24.6 Å². The summed E-state index contributed by atoms with van der Waals surface area (Å²) in [6.07, 6.45) is 2.94. The van der Waals surface area contributed by atoms with Crippen LogP contribution in [0.4, 0.5) is 11.4 Å². The van der Waals surface area contributed by atoms with Gasteiger partial charge in [-0.1, -0.05) is 0 Å². The third kappa shape index (κ3) is 4.84. The second-order valence-corrected chi connectivity index (χ2v) is 8.11. The zero-order valence-electron chi connectivity index (χ0n) is 13.0. The molecule has 1 aromatic heterocycles. The largest absolute Gasteiger partial charge is 0.340 e. The molecule has 0 bridgehead atoms. The SMILES string of the molecule is CC(C)n1cc(Br)cc1C(=O)Nc1ccc(NS(C)(=O)=O)cc1. The molecule has 0 aliphatic heterocycles. The van der Waals surface area contributed by atoms with Crippen molar-refractivity contribution in [3.63, 3.8) is 0 Å². The molecule has 6 nitrogen and oxygen atoms in total. The van der Waals surface area contributed by atoms with Gasteiger partial charge in [0.05, 0.1) is 6.26 Å². The average molecular weight is 400 g/mol. The summed E-state index contributed by atoms with van der Waals surface area (Å²) in [6, 6.07) is 8.38. The zero-order valence-corrected chi connectivity index (χ0v) is 15.4. The van der Waals surface area contributed by atoms with Crippen LogP contribution < -0.4 is 10.0 Å². The lowest BCUT2D eigenvalue weighted by atomic mass is 10.2. The summed E-state index contributed by atoms with van der Waals surface area (Å²) in [5.74, 6) is -0.228. The maximum Gasteiger partial charge on any atom is 0.272 e. The van der Waals surface area contributed by atoms with Gasteiger partial charge in [-0.15, -0.1) is 0 Å². The van der Waals surface area contributed by atoms with Gasteiger partial charge in [-0.05, 0) is 60.1 Å². The summed E-state index contributed by atoms with van der Waals surface area (Å²) in [5, 5.41) is 2.80. The fraction of sp³-hybridized carbons (Fsp3) is 0.267. The normalized spacial score (nSPS) is 11.5. The van der Waals surface area contributed by atoms with Gasteiger partial charge in [0.25, 0.3) is 5.91 Å². The fourth-order valence-corrected chi connectivity index (χ4v) is 3.09. The quantitative estimate of drug-likeness (QED) is 0.807. The number of hydrogen-bond donors (Lipinski definition) is 2. The second-order valence-electron chi connectivity index (χ2n) is 5.45. The molecule has 2 rings (SSSR count). The van der Waals surface area contributed by atoms with Gasteiger partial charge in [0.15, 0.2) is 0 Å². The monoisotopic (exact) mass is 399 g/mol. The van der Waals surface area contributed by atoms with Crippen LogP contribution in [-0.4, -0.2) is 25.1 Å². The highest BCUT2D eigenvalue weighted by atomic mass is 79.9. The smallest absolute Gasteiger partial charge is 0.272 e. The van der Waals surface area contributed by atoms with Crippen LogP contribution in [0.1, 0.15) is 30.4 Å². The van der Waals surface area contributed by atoms with Crippen LogP contribution in [0.15, 0.2) is 41.0 Å². The molecule has 8 heteroatoms. The van der Waals surface area contributed by atoms with Crippen molar-refractivity contribution in [2.24, 2.45) is 0 Å². The molecule has 0 fully saturated rings. The second kappa shape index (κ2) is 6.76. The van der Waals surface area contributed by atoms with E-state index in [-0.39, 0.29) is 11.9 Å². The molecule has 0 saturated carbocycles. The molecule has 0 aliphatic carbocycles. The molecule has 0 atom stereocenters. The van der Waals surface area contributed by atoms with Gasteiger partial charge < -0.3 is 9.88 Å². The van der Waals surface area contributed by atoms with Gasteiger partial charge in [0.1, 0.15) is 5.69 Å². The minimum absolute atomic E-state index is 0.156. The summed E-state index contributed by atoms with van der Waals surface area (Å²) >= 11 is 3.38. The predicted octanol–water partition coefficient (Wildman–Crippen LogP) is 3.46. The van der Waals surface area contributed by atoms with Crippen molar-refractivity contribution in [2.45, 2.75) is 19.9 Å². The van der Waals surface area contributed by atoms with Crippen molar-refractivity contribution in [1.29, 1.82) is 0 Å². The van der Waals surface area contributed by atoms with Crippen molar-refractivity contribution in [2.75, 3.05) is 16.3 Å². The number of aromatic nitrogens is 1. The van der Waals surface area contributed by atoms with Gasteiger partial charge in [0.2, 0.25) is 10.0 Å². The molecule has 2 N–H and O–H groups in total. The molecule has 0 radical (unpaired) electrons. The highest BCUT2D eigenvalue weighted by molar-refractivity contribution is 9.10. The Morgan fingerprint density at radius 3 is 2.26 bits per heavy atom. The van der Waals surface area contributed by atoms with Gasteiger partial charge >= 0.3 is 0 Å². The van der Waals surface area contributed by atoms with Crippen LogP contribution in [0.5, 0.6) is 0 Å². The Morgan fingerprint density at radius 2 is 1.74 bits per heavy atom. The van der Waals surface area contributed by atoms with E-state index in [1.54, 1.807) is 30.3 Å². The maximum absolute atomic E-state index is 12.4. The molecular weight excluding hydrogens is 382 g/mol. The number of carbonyl (C=O) groups is 1. The van der Waals surface area contributed by atoms with E-state index < -0.39 is 10.0 Å². The van der Waals surface area contributed by atoms with Gasteiger partial charge in [-0.25, -0.2) is 8.42 Å². The number of carbonyl (C=O) groups excluding carboxylic acids is 1. The standard InChI is InChI=1S/C15H18BrN3O3S/c1-10(2)19-9-11(16)8-14(19)15(20)17-12-4-6-13(7-5-12)18-23(3,21)22/h4-10,18H,1-3H3,(H,17,20). The Bertz CT molecular complexity index is 811. The first-order valence-electron chi connectivity index (χ1n) is 6.92. The molecule has 0 aliphatic rings. The first-order chi connectivity index (χ1) is 10.7. The average Bonchev–Trinajstić information content (AvgIpc) is 2.82. The molecule has 2 aromatic rings. The third-order valence-electron chi connectivity index (χ3n) is 3.05. The summed E-state index contributed by atoms with van der Waals surface area (Å²) in [4.78, 5) is 12.4. The first kappa shape index (κ1) is 17.6. The molecule has 124 valence electrons. The molecule has 1 aromatic carbocycles. The van der Waals surface area contributed by atoms with Crippen LogP contribution in [0, 0.1) is 0 Å². The number of anilines is 2. The number of hydrogen-bond acceptors (Lipinski definition) is 3. The lowest BCUT2D eigenvalue weighted by molar-refractivity contribution is 0.101. The van der Waals surface area contributed by atoms with E-state index in [0.29, 0.717) is 17.1 Å². The number of rotatable bonds is 5. The topological polar surface area (TPSA) is 80.2 Å². The van der Waals surface area contributed by atoms with E-state index in [0.717, 1.165) is 10.7 Å². The molecule has 0 unspecified atom stereocenters. The van der Waals surface area contributed by atoms with E-state index in [4.69, 9.17) is 0 Å². The van der Waals surface area contributed by atoms with Crippen molar-refractivity contribution in [3.05, 3.63) is 46.7 Å². The van der Waals surface area contributed by atoms with Gasteiger partial charge in [0, 0.05) is 28.1 Å². The minimum atomic E-state index is -3.31. The zero-order chi connectivity index (χ0) is 17.2. The molecule has 0 saturated heterocycles. The summed E-state index contributed by atoms with van der Waals surface area (Å²) in [6.45, 7) is 3.99. The Kier molecular flexibility index (Phi) is 5.16. The van der Waals surface area contributed by atoms with E-state index in [9.17, 15) is 13.2 Å². The highest BCUT2D eigenvalue weighted by Crippen LogP contribution is 2.21. The van der Waals surface area contributed by atoms with E-state index >= 15 is 0 Å². The summed E-state index contributed by atoms with van der Waals surface area (Å²) < 4.78 is 27.4. The lowest BCUT2D eigenvalue weighted by Gasteiger charge is -2.13. The van der Waals surface area contributed by atoms with E-state index in [2.05, 4.69) is 26.0 Å². The Balaban J connectivity index is 2.15. The number of amides is 1. The number of benzene rings is 1. The summed E-state index contributed by atoms with van der Waals surface area (Å²) in [5.41, 5.74) is 1.57. The van der Waals surface area contributed by atoms with Crippen molar-refractivity contribution < 1.29 is 13.2 Å². The van der Waals surface area contributed by atoms with Crippen LogP contribution in [-0.2, 0) is 10.0 Å². The molecular formula is C15H18BrN3O3S. The third-order valence-corrected chi connectivity index (χ3v) is 4.09. The Morgan fingerprint density at radius 1 is 1.17 bits per heavy atom. The maximum atomic E-state index is 12.4. The fourth-order valence-electron chi connectivity index (χ4n) is 2.09. The van der Waals surface area contributed by atoms with Crippen molar-refractivity contribution in [3.8, 4) is 0 Å². The number of nitrogens with zero attached hydrogens (tertiary/aromatic N) is 1. The van der Waals surface area contributed by atoms with Crippen LogP contribution in [0.2, 0.25) is 0 Å². The van der Waals surface area contributed by atoms with Gasteiger partial charge in [-0.2, -0.15) is 0 Å². The summed E-state index contributed by atoms with van der Waals surface area (Å²) in [7, 11) is -3.31. The highest BCUT2D eigenvalue weighted by Gasteiger charge is 2.15. The minimum Gasteiger partial charge on any atom is -0.340 e. The molecule has 23 heavy (non-hydrogen) atoms. The van der Waals surface area contributed by atoms with Crippen LogP contribution in [0.25, 0.3) is 0 Å². The number of sulfonamides is 1. The lowest BCUT2D eigenvalue weighted by Crippen LogP contribution is -2.17. The molecule has 1 amide bonds. The van der Waals surface area contributed by atoms with Crippen LogP contribution in [0.3, 0.4) is 0 Å². The molecule has 1 heterocycles. The van der Waals surface area contributed by atoms with E-state index in [1.165, 1.54) is 0 Å². The van der Waals surface area contributed by atoms with Crippen LogP contribution >= 0.6 is 15.9 Å².